The van der Waals surface area contributed by atoms with Crippen LogP contribution >= 0.6 is 0 Å². The van der Waals surface area contributed by atoms with E-state index in [4.69, 9.17) is 4.74 Å². The first-order valence-corrected chi connectivity index (χ1v) is 6.78. The highest BCUT2D eigenvalue weighted by Crippen LogP contribution is 2.28. The molecule has 0 aliphatic rings. The van der Waals surface area contributed by atoms with E-state index >= 15 is 0 Å². The van der Waals surface area contributed by atoms with Gasteiger partial charge in [0.25, 0.3) is 5.69 Å². The Labute approximate surface area is 124 Å². The molecule has 7 heteroatoms. The lowest BCUT2D eigenvalue weighted by Gasteiger charge is -2.16. The number of nitro benzene ring substituents is 1. The van der Waals surface area contributed by atoms with E-state index in [0.29, 0.717) is 5.69 Å². The van der Waals surface area contributed by atoms with Crippen LogP contribution in [0.15, 0.2) is 18.2 Å². The number of carbonyl (C=O) groups excluding carboxylic acids is 1. The molecule has 0 saturated carbocycles. The molecule has 0 heterocycles. The Morgan fingerprint density at radius 2 is 2.19 bits per heavy atom. The second-order valence-corrected chi connectivity index (χ2v) is 4.78. The molecule has 0 saturated heterocycles. The third-order valence-corrected chi connectivity index (χ3v) is 2.98. The number of hydrogen-bond acceptors (Lipinski definition) is 5. The van der Waals surface area contributed by atoms with Crippen LogP contribution in [0.1, 0.15) is 19.8 Å². The van der Waals surface area contributed by atoms with E-state index in [9.17, 15) is 14.9 Å². The fraction of sp³-hybridized carbons (Fsp3) is 0.500. The van der Waals surface area contributed by atoms with Crippen LogP contribution in [0.3, 0.4) is 0 Å². The first-order valence-electron chi connectivity index (χ1n) is 6.78. The molecule has 0 aromatic heterocycles. The molecule has 116 valence electrons. The number of amides is 1. The van der Waals surface area contributed by atoms with Crippen LogP contribution in [0, 0.1) is 10.1 Å². The Kier molecular flexibility index (Phi) is 6.61. The summed E-state index contributed by atoms with van der Waals surface area (Å²) in [6.07, 6.45) is 2.10. The molecule has 0 bridgehead atoms. The summed E-state index contributed by atoms with van der Waals surface area (Å²) in [6, 6.07) is 4.09. The molecule has 0 spiro atoms. The average molecular weight is 295 g/mol. The van der Waals surface area contributed by atoms with Crippen molar-refractivity contribution in [3.8, 4) is 5.75 Å². The van der Waals surface area contributed by atoms with Gasteiger partial charge < -0.3 is 10.1 Å². The minimum atomic E-state index is -0.507. The number of ether oxygens (including phenoxy) is 1. The Morgan fingerprint density at radius 3 is 2.76 bits per heavy atom. The molecule has 0 aliphatic carbocycles. The summed E-state index contributed by atoms with van der Waals surface area (Å²) in [5.41, 5.74) is 0.349. The van der Waals surface area contributed by atoms with Crippen molar-refractivity contribution in [2.75, 3.05) is 32.6 Å². The normalized spacial score (nSPS) is 10.5. The van der Waals surface area contributed by atoms with E-state index in [0.717, 1.165) is 19.4 Å². The van der Waals surface area contributed by atoms with Crippen LogP contribution in [-0.2, 0) is 4.79 Å². The van der Waals surface area contributed by atoms with E-state index in [-0.39, 0.29) is 23.9 Å². The van der Waals surface area contributed by atoms with Crippen molar-refractivity contribution in [3.63, 3.8) is 0 Å². The maximum absolute atomic E-state index is 11.9. The molecule has 1 aromatic rings. The zero-order chi connectivity index (χ0) is 15.8. The van der Waals surface area contributed by atoms with Gasteiger partial charge in [-0.2, -0.15) is 0 Å². The first kappa shape index (κ1) is 16.9. The van der Waals surface area contributed by atoms with Gasteiger partial charge in [0, 0.05) is 6.07 Å². The van der Waals surface area contributed by atoms with E-state index in [2.05, 4.69) is 12.2 Å². The van der Waals surface area contributed by atoms with Gasteiger partial charge in [-0.25, -0.2) is 0 Å². The first-order chi connectivity index (χ1) is 9.97. The van der Waals surface area contributed by atoms with Crippen molar-refractivity contribution in [3.05, 3.63) is 28.3 Å². The second kappa shape index (κ2) is 8.21. The summed E-state index contributed by atoms with van der Waals surface area (Å²) in [6.45, 7) is 3.21. The molecule has 0 atom stereocenters. The van der Waals surface area contributed by atoms with Crippen molar-refractivity contribution in [1.82, 2.24) is 4.90 Å². The molecule has 1 N–H and O–H groups in total. The number of anilines is 1. The van der Waals surface area contributed by atoms with E-state index < -0.39 is 4.92 Å². The van der Waals surface area contributed by atoms with Crippen molar-refractivity contribution >= 4 is 17.3 Å². The molecule has 0 radical (unpaired) electrons. The molecular weight excluding hydrogens is 274 g/mol. The predicted molar refractivity (Wildman–Crippen MR) is 80.7 cm³/mol. The third kappa shape index (κ3) is 5.39. The molecule has 1 rings (SSSR count). The van der Waals surface area contributed by atoms with Crippen LogP contribution < -0.4 is 10.1 Å². The number of methoxy groups -OCH3 is 1. The minimum absolute atomic E-state index is 0.0788. The Balaban J connectivity index is 2.69. The van der Waals surface area contributed by atoms with Gasteiger partial charge in [0.15, 0.2) is 0 Å². The van der Waals surface area contributed by atoms with Crippen LogP contribution in [0.25, 0.3) is 0 Å². The third-order valence-electron chi connectivity index (χ3n) is 2.98. The Morgan fingerprint density at radius 1 is 1.48 bits per heavy atom. The van der Waals surface area contributed by atoms with Crippen LogP contribution in [0.5, 0.6) is 5.75 Å². The van der Waals surface area contributed by atoms with Gasteiger partial charge in [0.2, 0.25) is 5.91 Å². The molecule has 21 heavy (non-hydrogen) atoms. The van der Waals surface area contributed by atoms with Gasteiger partial charge in [-0.15, -0.1) is 0 Å². The maximum atomic E-state index is 11.9. The number of rotatable bonds is 8. The van der Waals surface area contributed by atoms with E-state index in [1.165, 1.54) is 25.3 Å². The topological polar surface area (TPSA) is 84.7 Å². The molecule has 0 fully saturated rings. The SMILES string of the molecule is CCCCN(C)CC(=O)Nc1ccc([N+](=O)[O-])cc1OC. The number of nitro groups is 1. The number of benzene rings is 1. The lowest BCUT2D eigenvalue weighted by Crippen LogP contribution is -2.30. The fourth-order valence-corrected chi connectivity index (χ4v) is 1.84. The zero-order valence-electron chi connectivity index (χ0n) is 12.6. The summed E-state index contributed by atoms with van der Waals surface area (Å²) in [5.74, 6) is 0.0921. The van der Waals surface area contributed by atoms with E-state index in [1.807, 2.05) is 11.9 Å². The van der Waals surface area contributed by atoms with Gasteiger partial charge in [-0.1, -0.05) is 13.3 Å². The summed E-state index contributed by atoms with van der Waals surface area (Å²) in [7, 11) is 3.28. The summed E-state index contributed by atoms with van der Waals surface area (Å²) in [5, 5.41) is 13.4. The zero-order valence-corrected chi connectivity index (χ0v) is 12.6. The van der Waals surface area contributed by atoms with E-state index in [1.54, 1.807) is 0 Å². The molecule has 1 amide bonds. The van der Waals surface area contributed by atoms with Gasteiger partial charge in [0.05, 0.1) is 30.3 Å². The fourth-order valence-electron chi connectivity index (χ4n) is 1.84. The van der Waals surface area contributed by atoms with Crippen molar-refractivity contribution in [2.45, 2.75) is 19.8 Å². The molecule has 0 aliphatic heterocycles. The number of unbranched alkanes of at least 4 members (excludes halogenated alkanes) is 1. The number of carbonyl (C=O) groups is 1. The van der Waals surface area contributed by atoms with Crippen molar-refractivity contribution in [2.24, 2.45) is 0 Å². The summed E-state index contributed by atoms with van der Waals surface area (Å²) in [4.78, 5) is 24.1. The number of nitrogens with one attached hydrogen (secondary N) is 1. The quantitative estimate of drug-likeness (QED) is 0.587. The molecular formula is C14H21N3O4. The summed E-state index contributed by atoms with van der Waals surface area (Å²) < 4.78 is 5.07. The molecule has 7 nitrogen and oxygen atoms in total. The van der Waals surface area contributed by atoms with Gasteiger partial charge in [0.1, 0.15) is 5.75 Å². The largest absolute Gasteiger partial charge is 0.494 e. The number of likely N-dealkylation sites (N-methyl/N-ethyl adjacent to an activating group) is 1. The lowest BCUT2D eigenvalue weighted by atomic mass is 10.2. The van der Waals surface area contributed by atoms with Crippen molar-refractivity contribution < 1.29 is 14.5 Å². The number of hydrogen-bond donors (Lipinski definition) is 1. The Hall–Kier alpha value is -2.15. The maximum Gasteiger partial charge on any atom is 0.273 e. The monoisotopic (exact) mass is 295 g/mol. The average Bonchev–Trinajstić information content (AvgIpc) is 2.45. The van der Waals surface area contributed by atoms with Crippen LogP contribution in [0.2, 0.25) is 0 Å². The second-order valence-electron chi connectivity index (χ2n) is 4.78. The Bertz CT molecular complexity index is 505. The predicted octanol–water partition coefficient (Wildman–Crippen LogP) is 2.27. The highest BCUT2D eigenvalue weighted by molar-refractivity contribution is 5.93. The highest BCUT2D eigenvalue weighted by atomic mass is 16.6. The van der Waals surface area contributed by atoms with Crippen LogP contribution in [-0.4, -0.2) is 43.0 Å². The minimum Gasteiger partial charge on any atom is -0.494 e. The molecule has 1 aromatic carbocycles. The number of non-ortho nitro benzene ring substituents is 1. The number of nitrogens with zero attached hydrogens (tertiary/aromatic N) is 2. The summed E-state index contributed by atoms with van der Waals surface area (Å²) >= 11 is 0. The smallest absolute Gasteiger partial charge is 0.273 e. The molecule has 0 unspecified atom stereocenters. The van der Waals surface area contributed by atoms with Gasteiger partial charge >= 0.3 is 0 Å². The lowest BCUT2D eigenvalue weighted by molar-refractivity contribution is -0.384. The van der Waals surface area contributed by atoms with Gasteiger partial charge in [-0.05, 0) is 26.1 Å². The van der Waals surface area contributed by atoms with Crippen molar-refractivity contribution in [1.29, 1.82) is 0 Å². The standard InChI is InChI=1S/C14H21N3O4/c1-4-5-8-16(2)10-14(18)15-12-7-6-11(17(19)20)9-13(12)21-3/h6-7,9H,4-5,8,10H2,1-3H3,(H,15,18). The highest BCUT2D eigenvalue weighted by Gasteiger charge is 2.14. The van der Waals surface area contributed by atoms with Gasteiger partial charge in [-0.3, -0.25) is 19.8 Å². The van der Waals surface area contributed by atoms with Crippen LogP contribution in [0.4, 0.5) is 11.4 Å².